The average Bonchev–Trinajstić information content (AvgIpc) is 2.72. The lowest BCUT2D eigenvalue weighted by molar-refractivity contribution is 0.102. The van der Waals surface area contributed by atoms with Crippen LogP contribution in [0.2, 0.25) is 0 Å². The summed E-state index contributed by atoms with van der Waals surface area (Å²) in [5, 5.41) is 14.5. The molecule has 0 saturated heterocycles. The fourth-order valence-corrected chi connectivity index (χ4v) is 2.71. The summed E-state index contributed by atoms with van der Waals surface area (Å²) in [5.74, 6) is -0.604. The lowest BCUT2D eigenvalue weighted by Crippen LogP contribution is -2.16. The number of amides is 2. The molecule has 5 heteroatoms. The molecule has 2 amide bonds. The predicted octanol–water partition coefficient (Wildman–Crippen LogP) is 4.68. The third kappa shape index (κ3) is 4.25. The number of nitriles is 1. The zero-order chi connectivity index (χ0) is 20.1. The van der Waals surface area contributed by atoms with E-state index >= 15 is 0 Å². The van der Waals surface area contributed by atoms with E-state index in [0.717, 1.165) is 16.8 Å². The number of nitrogens with one attached hydrogen (secondary N) is 2. The summed E-state index contributed by atoms with van der Waals surface area (Å²) in [4.78, 5) is 25.1. The average molecular weight is 369 g/mol. The molecule has 0 heterocycles. The second-order valence-corrected chi connectivity index (χ2v) is 6.43. The van der Waals surface area contributed by atoms with Gasteiger partial charge in [0.15, 0.2) is 0 Å². The number of hydrogen-bond donors (Lipinski definition) is 2. The highest BCUT2D eigenvalue weighted by atomic mass is 16.2. The second kappa shape index (κ2) is 8.19. The summed E-state index contributed by atoms with van der Waals surface area (Å²) in [7, 11) is 0. The van der Waals surface area contributed by atoms with Crippen LogP contribution in [-0.4, -0.2) is 11.8 Å². The molecule has 3 rings (SSSR count). The molecule has 3 aromatic carbocycles. The van der Waals surface area contributed by atoms with Crippen LogP contribution in [0.1, 0.15) is 37.4 Å². The van der Waals surface area contributed by atoms with Gasteiger partial charge >= 0.3 is 0 Å². The fourth-order valence-electron chi connectivity index (χ4n) is 2.71. The quantitative estimate of drug-likeness (QED) is 0.700. The number of hydrogen-bond acceptors (Lipinski definition) is 3. The van der Waals surface area contributed by atoms with Crippen LogP contribution >= 0.6 is 0 Å². The molecule has 0 aliphatic heterocycles. The molecule has 0 radical (unpaired) electrons. The molecular formula is C23H19N3O2. The molecule has 0 spiro atoms. The van der Waals surface area contributed by atoms with Crippen molar-refractivity contribution in [1.29, 1.82) is 5.26 Å². The molecule has 0 aliphatic rings. The van der Waals surface area contributed by atoms with Gasteiger partial charge in [-0.2, -0.15) is 5.26 Å². The minimum atomic E-state index is -0.328. The Morgan fingerprint density at radius 1 is 0.821 bits per heavy atom. The second-order valence-electron chi connectivity index (χ2n) is 6.43. The molecule has 0 bridgehead atoms. The van der Waals surface area contributed by atoms with Crippen LogP contribution in [0.3, 0.4) is 0 Å². The topological polar surface area (TPSA) is 82.0 Å². The lowest BCUT2D eigenvalue weighted by atomic mass is 10.1. The SMILES string of the molecule is Cc1cccc(NC(=O)c2cccc(C(=O)Nc3ccc(C#N)cc3)c2)c1C. The van der Waals surface area contributed by atoms with Crippen molar-refractivity contribution in [2.45, 2.75) is 13.8 Å². The first kappa shape index (κ1) is 18.9. The van der Waals surface area contributed by atoms with Crippen LogP contribution < -0.4 is 10.6 Å². The Kier molecular flexibility index (Phi) is 5.52. The van der Waals surface area contributed by atoms with Crippen molar-refractivity contribution in [1.82, 2.24) is 0 Å². The zero-order valence-corrected chi connectivity index (χ0v) is 15.6. The monoisotopic (exact) mass is 369 g/mol. The van der Waals surface area contributed by atoms with Crippen LogP contribution in [0, 0.1) is 25.2 Å². The van der Waals surface area contributed by atoms with E-state index in [1.807, 2.05) is 38.1 Å². The predicted molar refractivity (Wildman–Crippen MR) is 109 cm³/mol. The van der Waals surface area contributed by atoms with E-state index in [1.165, 1.54) is 0 Å². The van der Waals surface area contributed by atoms with E-state index in [9.17, 15) is 9.59 Å². The van der Waals surface area contributed by atoms with E-state index in [1.54, 1.807) is 48.5 Å². The number of anilines is 2. The van der Waals surface area contributed by atoms with Crippen LogP contribution in [0.15, 0.2) is 66.7 Å². The van der Waals surface area contributed by atoms with Gasteiger partial charge in [0.2, 0.25) is 0 Å². The minimum Gasteiger partial charge on any atom is -0.322 e. The van der Waals surface area contributed by atoms with E-state index in [0.29, 0.717) is 22.4 Å². The molecule has 5 nitrogen and oxygen atoms in total. The van der Waals surface area contributed by atoms with Gasteiger partial charge in [-0.15, -0.1) is 0 Å². The summed E-state index contributed by atoms with van der Waals surface area (Å²) in [6.45, 7) is 3.94. The van der Waals surface area contributed by atoms with Crippen molar-refractivity contribution in [3.8, 4) is 6.07 Å². The number of aryl methyl sites for hydroxylation is 1. The number of benzene rings is 3. The Labute approximate surface area is 163 Å². The molecule has 3 aromatic rings. The molecule has 0 aromatic heterocycles. The third-order valence-electron chi connectivity index (χ3n) is 4.51. The van der Waals surface area contributed by atoms with Gasteiger partial charge in [0, 0.05) is 22.5 Å². The van der Waals surface area contributed by atoms with Crippen LogP contribution in [-0.2, 0) is 0 Å². The maximum Gasteiger partial charge on any atom is 0.255 e. The Hall–Kier alpha value is -3.91. The molecular weight excluding hydrogens is 350 g/mol. The Bertz CT molecular complexity index is 1080. The fraction of sp³-hybridized carbons (Fsp3) is 0.0870. The first-order chi connectivity index (χ1) is 13.5. The molecule has 0 atom stereocenters. The summed E-state index contributed by atoms with van der Waals surface area (Å²) < 4.78 is 0. The number of rotatable bonds is 4. The largest absolute Gasteiger partial charge is 0.322 e. The van der Waals surface area contributed by atoms with Gasteiger partial charge in [0.1, 0.15) is 0 Å². The van der Waals surface area contributed by atoms with E-state index < -0.39 is 0 Å². The highest BCUT2D eigenvalue weighted by Gasteiger charge is 2.12. The van der Waals surface area contributed by atoms with Crippen molar-refractivity contribution in [3.63, 3.8) is 0 Å². The summed E-state index contributed by atoms with van der Waals surface area (Å²) in [6.07, 6.45) is 0. The standard InChI is InChI=1S/C23H19N3O2/c1-15-5-3-8-21(16(15)2)26-23(28)19-7-4-6-18(13-19)22(27)25-20-11-9-17(14-24)10-12-20/h3-13H,1-2H3,(H,25,27)(H,26,28). The van der Waals surface area contributed by atoms with Crippen LogP contribution in [0.25, 0.3) is 0 Å². The van der Waals surface area contributed by atoms with Crippen LogP contribution in [0.5, 0.6) is 0 Å². The Balaban J connectivity index is 1.75. The molecule has 0 fully saturated rings. The van der Waals surface area contributed by atoms with Crippen LogP contribution in [0.4, 0.5) is 11.4 Å². The Morgan fingerprint density at radius 3 is 2.07 bits per heavy atom. The number of nitrogens with zero attached hydrogens (tertiary/aromatic N) is 1. The molecule has 0 saturated carbocycles. The van der Waals surface area contributed by atoms with E-state index in [4.69, 9.17) is 5.26 Å². The minimum absolute atomic E-state index is 0.276. The highest BCUT2D eigenvalue weighted by molar-refractivity contribution is 6.09. The molecule has 28 heavy (non-hydrogen) atoms. The van der Waals surface area contributed by atoms with Gasteiger partial charge in [-0.3, -0.25) is 9.59 Å². The van der Waals surface area contributed by atoms with Crippen molar-refractivity contribution < 1.29 is 9.59 Å². The smallest absolute Gasteiger partial charge is 0.255 e. The van der Waals surface area contributed by atoms with Gasteiger partial charge in [-0.25, -0.2) is 0 Å². The molecule has 2 N–H and O–H groups in total. The first-order valence-electron chi connectivity index (χ1n) is 8.77. The zero-order valence-electron chi connectivity index (χ0n) is 15.6. The number of carbonyl (C=O) groups excluding carboxylic acids is 2. The third-order valence-corrected chi connectivity index (χ3v) is 4.51. The summed E-state index contributed by atoms with van der Waals surface area (Å²) in [5.41, 5.74) is 4.71. The van der Waals surface area contributed by atoms with E-state index in [-0.39, 0.29) is 11.8 Å². The molecule has 0 aliphatic carbocycles. The summed E-state index contributed by atoms with van der Waals surface area (Å²) in [6, 6.07) is 20.9. The molecule has 138 valence electrons. The van der Waals surface area contributed by atoms with Crippen molar-refractivity contribution >= 4 is 23.2 Å². The number of carbonyl (C=O) groups is 2. The summed E-state index contributed by atoms with van der Waals surface area (Å²) >= 11 is 0. The molecule has 0 unspecified atom stereocenters. The normalized spacial score (nSPS) is 10.0. The Morgan fingerprint density at radius 2 is 1.43 bits per heavy atom. The first-order valence-corrected chi connectivity index (χ1v) is 8.77. The van der Waals surface area contributed by atoms with Crippen molar-refractivity contribution in [2.24, 2.45) is 0 Å². The van der Waals surface area contributed by atoms with Gasteiger partial charge in [0.05, 0.1) is 11.6 Å². The van der Waals surface area contributed by atoms with Gasteiger partial charge in [0.25, 0.3) is 11.8 Å². The lowest BCUT2D eigenvalue weighted by Gasteiger charge is -2.11. The maximum atomic E-state index is 12.6. The van der Waals surface area contributed by atoms with Crippen molar-refractivity contribution in [3.05, 3.63) is 94.5 Å². The van der Waals surface area contributed by atoms with Gasteiger partial charge in [-0.05, 0) is 73.5 Å². The highest BCUT2D eigenvalue weighted by Crippen LogP contribution is 2.19. The van der Waals surface area contributed by atoms with Gasteiger partial charge in [-0.1, -0.05) is 18.2 Å². The van der Waals surface area contributed by atoms with Gasteiger partial charge < -0.3 is 10.6 Å². The van der Waals surface area contributed by atoms with E-state index in [2.05, 4.69) is 10.6 Å². The van der Waals surface area contributed by atoms with Crippen molar-refractivity contribution in [2.75, 3.05) is 10.6 Å². The maximum absolute atomic E-state index is 12.6.